The van der Waals surface area contributed by atoms with Crippen molar-refractivity contribution in [3.05, 3.63) is 46.2 Å². The van der Waals surface area contributed by atoms with Gasteiger partial charge in [-0.05, 0) is 46.3 Å². The molecular formula is C13H11BrClN3OS. The van der Waals surface area contributed by atoms with E-state index in [0.717, 1.165) is 9.37 Å². The SMILES string of the molecule is Nc1ccc(SCC(=O)Nc2cccnc2Cl)c(Br)c1. The number of aromatic nitrogens is 1. The lowest BCUT2D eigenvalue weighted by Gasteiger charge is -2.07. The van der Waals surface area contributed by atoms with Crippen LogP contribution in [-0.4, -0.2) is 16.6 Å². The van der Waals surface area contributed by atoms with Crippen LogP contribution in [0.1, 0.15) is 0 Å². The summed E-state index contributed by atoms with van der Waals surface area (Å²) < 4.78 is 0.870. The number of pyridine rings is 1. The number of carbonyl (C=O) groups excluding carboxylic acids is 1. The van der Waals surface area contributed by atoms with Crippen LogP contribution in [-0.2, 0) is 4.79 Å². The average molecular weight is 373 g/mol. The van der Waals surface area contributed by atoms with Gasteiger partial charge in [0, 0.05) is 21.3 Å². The summed E-state index contributed by atoms with van der Waals surface area (Å²) in [5.74, 6) is 0.127. The third-order valence-corrected chi connectivity index (χ3v) is 4.64. The number of halogens is 2. The fourth-order valence-corrected chi connectivity index (χ4v) is 3.07. The van der Waals surface area contributed by atoms with Gasteiger partial charge >= 0.3 is 0 Å². The van der Waals surface area contributed by atoms with Gasteiger partial charge in [0.05, 0.1) is 11.4 Å². The maximum atomic E-state index is 11.9. The zero-order valence-electron chi connectivity index (χ0n) is 10.3. The van der Waals surface area contributed by atoms with E-state index in [1.165, 1.54) is 11.8 Å². The van der Waals surface area contributed by atoms with E-state index in [2.05, 4.69) is 26.2 Å². The summed E-state index contributed by atoms with van der Waals surface area (Å²) in [5.41, 5.74) is 6.85. The highest BCUT2D eigenvalue weighted by molar-refractivity contribution is 9.10. The van der Waals surface area contributed by atoms with E-state index in [4.69, 9.17) is 17.3 Å². The van der Waals surface area contributed by atoms with Crippen LogP contribution in [0.5, 0.6) is 0 Å². The molecule has 0 unspecified atom stereocenters. The van der Waals surface area contributed by atoms with Crippen LogP contribution >= 0.6 is 39.3 Å². The van der Waals surface area contributed by atoms with Crippen molar-refractivity contribution in [3.8, 4) is 0 Å². The average Bonchev–Trinajstić information content (AvgIpc) is 2.40. The Hall–Kier alpha value is -1.24. The van der Waals surface area contributed by atoms with Crippen molar-refractivity contribution in [3.63, 3.8) is 0 Å². The summed E-state index contributed by atoms with van der Waals surface area (Å²) in [6.07, 6.45) is 1.57. The third-order valence-electron chi connectivity index (χ3n) is 2.35. The lowest BCUT2D eigenvalue weighted by atomic mass is 10.3. The molecule has 0 radical (unpaired) electrons. The van der Waals surface area contributed by atoms with Gasteiger partial charge in [-0.25, -0.2) is 4.98 Å². The van der Waals surface area contributed by atoms with Crippen molar-refractivity contribution < 1.29 is 4.79 Å². The summed E-state index contributed by atoms with van der Waals surface area (Å²) in [6.45, 7) is 0. The fraction of sp³-hybridized carbons (Fsp3) is 0.0769. The number of anilines is 2. The van der Waals surface area contributed by atoms with Crippen LogP contribution in [0.25, 0.3) is 0 Å². The molecule has 1 heterocycles. The molecule has 20 heavy (non-hydrogen) atoms. The molecule has 1 amide bonds. The third kappa shape index (κ3) is 4.13. The molecular weight excluding hydrogens is 362 g/mol. The van der Waals surface area contributed by atoms with Crippen molar-refractivity contribution in [1.29, 1.82) is 0 Å². The van der Waals surface area contributed by atoms with Crippen LogP contribution in [0.2, 0.25) is 5.15 Å². The summed E-state index contributed by atoms with van der Waals surface area (Å²) in [4.78, 5) is 16.7. The highest BCUT2D eigenvalue weighted by Crippen LogP contribution is 2.29. The Morgan fingerprint density at radius 3 is 2.95 bits per heavy atom. The van der Waals surface area contributed by atoms with E-state index in [1.807, 2.05) is 6.07 Å². The minimum absolute atomic E-state index is 0.145. The smallest absolute Gasteiger partial charge is 0.234 e. The summed E-state index contributed by atoms with van der Waals surface area (Å²) in [5, 5.41) is 2.99. The van der Waals surface area contributed by atoms with Crippen molar-refractivity contribution in [2.24, 2.45) is 0 Å². The predicted molar refractivity (Wildman–Crippen MR) is 87.2 cm³/mol. The Morgan fingerprint density at radius 2 is 2.25 bits per heavy atom. The number of hydrogen-bond donors (Lipinski definition) is 2. The van der Waals surface area contributed by atoms with Crippen LogP contribution in [0, 0.1) is 0 Å². The molecule has 4 nitrogen and oxygen atoms in total. The normalized spacial score (nSPS) is 10.3. The van der Waals surface area contributed by atoms with Crippen molar-refractivity contribution in [1.82, 2.24) is 4.98 Å². The molecule has 2 aromatic rings. The van der Waals surface area contributed by atoms with Gasteiger partial charge in [-0.15, -0.1) is 11.8 Å². The first-order chi connectivity index (χ1) is 9.56. The maximum absolute atomic E-state index is 11.9. The molecule has 0 saturated carbocycles. The Kier molecular flexibility index (Phi) is 5.28. The number of nitrogens with two attached hydrogens (primary N) is 1. The molecule has 0 bridgehead atoms. The van der Waals surface area contributed by atoms with Crippen molar-refractivity contribution >= 4 is 56.6 Å². The molecule has 0 fully saturated rings. The zero-order valence-corrected chi connectivity index (χ0v) is 13.4. The Bertz CT molecular complexity index is 639. The van der Waals surface area contributed by atoms with Crippen LogP contribution in [0.3, 0.4) is 0 Å². The van der Waals surface area contributed by atoms with Gasteiger partial charge in [-0.3, -0.25) is 4.79 Å². The number of rotatable bonds is 4. The first-order valence-corrected chi connectivity index (χ1v) is 7.80. The molecule has 0 atom stereocenters. The number of nitrogen functional groups attached to an aromatic ring is 1. The second-order valence-corrected chi connectivity index (χ2v) is 6.10. The number of thioether (sulfide) groups is 1. The largest absolute Gasteiger partial charge is 0.399 e. The fourth-order valence-electron chi connectivity index (χ4n) is 1.44. The standard InChI is InChI=1S/C13H11BrClN3OS/c14-9-6-8(16)3-4-11(9)20-7-12(19)18-10-2-1-5-17-13(10)15/h1-6H,7,16H2,(H,18,19). The molecule has 0 aliphatic heterocycles. The minimum atomic E-state index is -0.145. The molecule has 1 aromatic heterocycles. The van der Waals surface area contributed by atoms with E-state index in [9.17, 15) is 4.79 Å². The van der Waals surface area contributed by atoms with Crippen LogP contribution < -0.4 is 11.1 Å². The van der Waals surface area contributed by atoms with Crippen LogP contribution in [0.15, 0.2) is 45.9 Å². The second kappa shape index (κ2) is 6.97. The molecule has 0 spiro atoms. The minimum Gasteiger partial charge on any atom is -0.399 e. The molecule has 0 aliphatic carbocycles. The van der Waals surface area contributed by atoms with Crippen molar-refractivity contribution in [2.45, 2.75) is 4.90 Å². The van der Waals surface area contributed by atoms with Crippen LogP contribution in [0.4, 0.5) is 11.4 Å². The summed E-state index contributed by atoms with van der Waals surface area (Å²) >= 11 is 10.7. The van der Waals surface area contributed by atoms with E-state index in [1.54, 1.807) is 30.5 Å². The van der Waals surface area contributed by atoms with E-state index < -0.39 is 0 Å². The molecule has 0 aliphatic rings. The number of amides is 1. The summed E-state index contributed by atoms with van der Waals surface area (Å²) in [7, 11) is 0. The zero-order chi connectivity index (χ0) is 14.5. The quantitative estimate of drug-likeness (QED) is 0.486. The number of nitrogens with one attached hydrogen (secondary N) is 1. The predicted octanol–water partition coefficient (Wildman–Crippen LogP) is 3.81. The van der Waals surface area contributed by atoms with Gasteiger partial charge in [0.1, 0.15) is 0 Å². The molecule has 2 rings (SSSR count). The van der Waals surface area contributed by atoms with E-state index in [-0.39, 0.29) is 16.8 Å². The monoisotopic (exact) mass is 371 g/mol. The Balaban J connectivity index is 1.94. The van der Waals surface area contributed by atoms with Gasteiger partial charge in [0.2, 0.25) is 5.91 Å². The van der Waals surface area contributed by atoms with Gasteiger partial charge in [-0.2, -0.15) is 0 Å². The van der Waals surface area contributed by atoms with Gasteiger partial charge in [0.15, 0.2) is 5.15 Å². The molecule has 0 saturated heterocycles. The number of hydrogen-bond acceptors (Lipinski definition) is 4. The number of benzene rings is 1. The lowest BCUT2D eigenvalue weighted by Crippen LogP contribution is -2.14. The topological polar surface area (TPSA) is 68.0 Å². The first-order valence-electron chi connectivity index (χ1n) is 5.64. The number of nitrogens with zero attached hydrogens (tertiary/aromatic N) is 1. The molecule has 7 heteroatoms. The first kappa shape index (κ1) is 15.2. The van der Waals surface area contributed by atoms with E-state index >= 15 is 0 Å². The molecule has 1 aromatic carbocycles. The lowest BCUT2D eigenvalue weighted by molar-refractivity contribution is -0.113. The van der Waals surface area contributed by atoms with Crippen molar-refractivity contribution in [2.75, 3.05) is 16.8 Å². The highest BCUT2D eigenvalue weighted by Gasteiger charge is 2.08. The molecule has 3 N–H and O–H groups in total. The maximum Gasteiger partial charge on any atom is 0.234 e. The number of carbonyl (C=O) groups is 1. The van der Waals surface area contributed by atoms with Gasteiger partial charge in [-0.1, -0.05) is 11.6 Å². The van der Waals surface area contributed by atoms with E-state index in [0.29, 0.717) is 11.4 Å². The molecule has 104 valence electrons. The summed E-state index contributed by atoms with van der Waals surface area (Å²) in [6, 6.07) is 8.89. The Morgan fingerprint density at radius 1 is 1.45 bits per heavy atom. The Labute approximate surface area is 134 Å². The van der Waals surface area contributed by atoms with Gasteiger partial charge < -0.3 is 11.1 Å². The second-order valence-electron chi connectivity index (χ2n) is 3.87. The highest BCUT2D eigenvalue weighted by atomic mass is 79.9. The van der Waals surface area contributed by atoms with Gasteiger partial charge in [0.25, 0.3) is 0 Å².